The van der Waals surface area contributed by atoms with Crippen LogP contribution in [0.1, 0.15) is 5.69 Å². The van der Waals surface area contributed by atoms with Crippen LogP contribution in [0.5, 0.6) is 0 Å². The van der Waals surface area contributed by atoms with E-state index in [9.17, 15) is 4.39 Å². The molecule has 2 aromatic heterocycles. The molecule has 58 valence electrons. The van der Waals surface area contributed by atoms with Gasteiger partial charge in [-0.1, -0.05) is 0 Å². The number of aromatic amines is 1. The van der Waals surface area contributed by atoms with Crippen molar-refractivity contribution < 1.29 is 4.39 Å². The third-order valence-corrected chi connectivity index (χ3v) is 1.63. The Morgan fingerprint density at radius 1 is 1.58 bits per heavy atom. The van der Waals surface area contributed by atoms with Crippen LogP contribution < -0.4 is 0 Å². The van der Waals surface area contributed by atoms with E-state index in [0.717, 1.165) is 0 Å². The van der Waals surface area contributed by atoms with Gasteiger partial charge in [0.15, 0.2) is 0 Å². The van der Waals surface area contributed by atoms with Crippen molar-refractivity contribution in [2.45, 2.75) is 0 Å². The predicted octanol–water partition coefficient (Wildman–Crippen LogP) is 1.57. The fraction of sp³-hybridized carbons (Fsp3) is 0. The Balaban J connectivity index is 2.82. The first-order chi connectivity index (χ1) is 5.81. The Labute approximate surface area is 67.5 Å². The van der Waals surface area contributed by atoms with Crippen LogP contribution in [0.2, 0.25) is 0 Å². The van der Waals surface area contributed by atoms with Gasteiger partial charge in [-0.25, -0.2) is 9.37 Å². The summed E-state index contributed by atoms with van der Waals surface area (Å²) >= 11 is 0. The first kappa shape index (κ1) is 6.80. The molecule has 0 bridgehead atoms. The molecule has 0 amide bonds. The van der Waals surface area contributed by atoms with E-state index in [1.54, 1.807) is 0 Å². The van der Waals surface area contributed by atoms with E-state index in [1.165, 1.54) is 18.5 Å². The number of nitrogens with zero attached hydrogens (tertiary/aromatic N) is 2. The topological polar surface area (TPSA) is 52.5 Å². The van der Waals surface area contributed by atoms with Gasteiger partial charge in [-0.15, -0.1) is 0 Å². The molecule has 0 saturated carbocycles. The molecule has 0 aliphatic carbocycles. The summed E-state index contributed by atoms with van der Waals surface area (Å²) in [5.41, 5.74) is 0.826. The number of hydrogen-bond donors (Lipinski definition) is 1. The van der Waals surface area contributed by atoms with Crippen molar-refractivity contribution in [2.24, 2.45) is 0 Å². The molecule has 4 heteroatoms. The Hall–Kier alpha value is -1.89. The molecule has 0 aromatic carbocycles. The van der Waals surface area contributed by atoms with Gasteiger partial charge < -0.3 is 4.98 Å². The lowest BCUT2D eigenvalue weighted by Crippen LogP contribution is -1.80. The van der Waals surface area contributed by atoms with Gasteiger partial charge in [-0.2, -0.15) is 5.26 Å². The summed E-state index contributed by atoms with van der Waals surface area (Å²) in [7, 11) is 0. The van der Waals surface area contributed by atoms with Crippen LogP contribution in [0.3, 0.4) is 0 Å². The Kier molecular flexibility index (Phi) is 1.31. The monoisotopic (exact) mass is 161 g/mol. The van der Waals surface area contributed by atoms with E-state index in [2.05, 4.69) is 9.97 Å². The van der Waals surface area contributed by atoms with Crippen LogP contribution in [-0.4, -0.2) is 9.97 Å². The van der Waals surface area contributed by atoms with Gasteiger partial charge in [-0.3, -0.25) is 0 Å². The highest BCUT2D eigenvalue weighted by Gasteiger charge is 2.03. The second-order valence-electron chi connectivity index (χ2n) is 2.36. The van der Waals surface area contributed by atoms with E-state index in [-0.39, 0.29) is 11.5 Å². The lowest BCUT2D eigenvalue weighted by atomic mass is 10.3. The van der Waals surface area contributed by atoms with Crippen LogP contribution in [0.15, 0.2) is 18.5 Å². The van der Waals surface area contributed by atoms with Crippen molar-refractivity contribution in [3.8, 4) is 6.07 Å². The number of fused-ring (bicyclic) bond motifs is 1. The lowest BCUT2D eigenvalue weighted by molar-refractivity contribution is 0.639. The molecule has 0 aliphatic heterocycles. The van der Waals surface area contributed by atoms with Crippen LogP contribution in [0.25, 0.3) is 10.9 Å². The number of aromatic nitrogens is 2. The highest BCUT2D eigenvalue weighted by atomic mass is 19.1. The fourth-order valence-corrected chi connectivity index (χ4v) is 1.05. The summed E-state index contributed by atoms with van der Waals surface area (Å²) in [5.74, 6) is -0.357. The molecular formula is C8H4FN3. The summed E-state index contributed by atoms with van der Waals surface area (Å²) in [4.78, 5) is 6.47. The summed E-state index contributed by atoms with van der Waals surface area (Å²) < 4.78 is 12.9. The number of H-pyrrole nitrogens is 1. The van der Waals surface area contributed by atoms with Gasteiger partial charge >= 0.3 is 0 Å². The molecule has 0 spiro atoms. The first-order valence-corrected chi connectivity index (χ1v) is 3.34. The maximum Gasteiger partial charge on any atom is 0.148 e. The normalized spacial score (nSPS) is 10.0. The number of pyridine rings is 1. The second-order valence-corrected chi connectivity index (χ2v) is 2.36. The number of nitrogens with one attached hydrogen (secondary N) is 1. The van der Waals surface area contributed by atoms with Crippen molar-refractivity contribution in [1.29, 1.82) is 5.26 Å². The predicted molar refractivity (Wildman–Crippen MR) is 40.8 cm³/mol. The van der Waals surface area contributed by atoms with Crippen molar-refractivity contribution in [2.75, 3.05) is 0 Å². The molecule has 3 nitrogen and oxygen atoms in total. The molecule has 2 rings (SSSR count). The zero-order valence-electron chi connectivity index (χ0n) is 6.00. The van der Waals surface area contributed by atoms with Crippen molar-refractivity contribution in [3.05, 3.63) is 30.0 Å². The molecule has 0 fully saturated rings. The summed E-state index contributed by atoms with van der Waals surface area (Å²) in [6, 6.07) is 3.26. The smallest absolute Gasteiger partial charge is 0.148 e. The number of halogens is 1. The third kappa shape index (κ3) is 0.839. The molecule has 0 aliphatic rings. The van der Waals surface area contributed by atoms with Gasteiger partial charge in [0, 0.05) is 11.6 Å². The van der Waals surface area contributed by atoms with Crippen molar-refractivity contribution in [3.63, 3.8) is 0 Å². The summed E-state index contributed by atoms with van der Waals surface area (Å²) in [6.07, 6.45) is 2.68. The maximum absolute atomic E-state index is 12.9. The highest BCUT2D eigenvalue weighted by molar-refractivity contribution is 5.79. The average molecular weight is 161 g/mol. The maximum atomic E-state index is 12.9. The third-order valence-electron chi connectivity index (χ3n) is 1.63. The molecule has 1 N–H and O–H groups in total. The molecule has 12 heavy (non-hydrogen) atoms. The number of hydrogen-bond acceptors (Lipinski definition) is 2. The van der Waals surface area contributed by atoms with E-state index >= 15 is 0 Å². The Morgan fingerprint density at radius 3 is 3.17 bits per heavy atom. The average Bonchev–Trinajstić information content (AvgIpc) is 2.47. The summed E-state index contributed by atoms with van der Waals surface area (Å²) in [5, 5.41) is 8.88. The first-order valence-electron chi connectivity index (χ1n) is 3.34. The molecule has 0 atom stereocenters. The lowest BCUT2D eigenvalue weighted by Gasteiger charge is -1.88. The summed E-state index contributed by atoms with van der Waals surface area (Å²) in [6.45, 7) is 0. The van der Waals surface area contributed by atoms with Crippen LogP contribution in [0, 0.1) is 17.1 Å². The van der Waals surface area contributed by atoms with Crippen LogP contribution in [-0.2, 0) is 0 Å². The fourth-order valence-electron chi connectivity index (χ4n) is 1.05. The quantitative estimate of drug-likeness (QED) is 0.637. The van der Waals surface area contributed by atoms with Gasteiger partial charge in [0.1, 0.15) is 17.6 Å². The van der Waals surface area contributed by atoms with E-state index in [0.29, 0.717) is 10.9 Å². The molecule has 0 radical (unpaired) electrons. The van der Waals surface area contributed by atoms with Crippen molar-refractivity contribution >= 4 is 10.9 Å². The zero-order valence-corrected chi connectivity index (χ0v) is 6.00. The van der Waals surface area contributed by atoms with E-state index in [1.807, 2.05) is 6.07 Å². The standard InChI is InChI=1S/C8H4FN3/c9-7-3-12-8-4-11-5(2-10)1-6(7)8/h1,3-4,12H. The SMILES string of the molecule is N#Cc1cc2c(F)c[nH]c2cn1. The van der Waals surface area contributed by atoms with Crippen LogP contribution in [0.4, 0.5) is 4.39 Å². The van der Waals surface area contributed by atoms with Gasteiger partial charge in [0.2, 0.25) is 0 Å². The second kappa shape index (κ2) is 2.31. The van der Waals surface area contributed by atoms with Crippen LogP contribution >= 0.6 is 0 Å². The number of rotatable bonds is 0. The minimum absolute atomic E-state index is 0.223. The molecule has 2 aromatic rings. The molecule has 0 unspecified atom stereocenters. The minimum atomic E-state index is -0.357. The van der Waals surface area contributed by atoms with E-state index in [4.69, 9.17) is 5.26 Å². The van der Waals surface area contributed by atoms with E-state index < -0.39 is 0 Å². The van der Waals surface area contributed by atoms with Gasteiger partial charge in [0.25, 0.3) is 0 Å². The zero-order chi connectivity index (χ0) is 8.55. The molecule has 0 saturated heterocycles. The number of nitriles is 1. The van der Waals surface area contributed by atoms with Gasteiger partial charge in [0.05, 0.1) is 11.7 Å². The van der Waals surface area contributed by atoms with Gasteiger partial charge in [-0.05, 0) is 6.07 Å². The molecule has 2 heterocycles. The van der Waals surface area contributed by atoms with Crippen molar-refractivity contribution in [1.82, 2.24) is 9.97 Å². The largest absolute Gasteiger partial charge is 0.357 e. The Bertz CT molecular complexity index is 467. The Morgan fingerprint density at radius 2 is 2.42 bits per heavy atom. The highest BCUT2D eigenvalue weighted by Crippen LogP contribution is 2.15. The molecular weight excluding hydrogens is 157 g/mol. The minimum Gasteiger partial charge on any atom is -0.357 e.